The van der Waals surface area contributed by atoms with Gasteiger partial charge in [-0.25, -0.2) is 4.98 Å². The van der Waals surface area contributed by atoms with E-state index >= 15 is 0 Å². The molecule has 0 aliphatic carbocycles. The summed E-state index contributed by atoms with van der Waals surface area (Å²) in [7, 11) is 1.93. The van der Waals surface area contributed by atoms with Crippen molar-refractivity contribution in [3.63, 3.8) is 0 Å². The smallest absolute Gasteiger partial charge is 0.159 e. The summed E-state index contributed by atoms with van der Waals surface area (Å²) in [6.45, 7) is 2.02. The number of hydrogen-bond acceptors (Lipinski definition) is 2. The first-order chi connectivity index (χ1) is 10.6. The van der Waals surface area contributed by atoms with Crippen molar-refractivity contribution in [1.82, 2.24) is 14.8 Å². The Kier molecular flexibility index (Phi) is 2.91. The van der Waals surface area contributed by atoms with E-state index in [2.05, 4.69) is 17.2 Å². The molecule has 0 amide bonds. The van der Waals surface area contributed by atoms with E-state index in [9.17, 15) is 0 Å². The number of rotatable bonds is 1. The third-order valence-corrected chi connectivity index (χ3v) is 4.19. The fraction of sp³-hybridized carbons (Fsp3) is 0.111. The maximum absolute atomic E-state index is 6.23. The van der Waals surface area contributed by atoms with E-state index in [1.807, 2.05) is 55.1 Å². The molecule has 0 aliphatic rings. The molecule has 4 heteroatoms. The zero-order chi connectivity index (χ0) is 15.3. The van der Waals surface area contributed by atoms with Gasteiger partial charge in [-0.1, -0.05) is 41.9 Å². The summed E-state index contributed by atoms with van der Waals surface area (Å²) in [4.78, 5) is 4.77. The Labute approximate surface area is 133 Å². The molecular weight excluding hydrogens is 294 g/mol. The van der Waals surface area contributed by atoms with Crippen molar-refractivity contribution >= 4 is 33.5 Å². The lowest BCUT2D eigenvalue weighted by Crippen LogP contribution is -1.93. The second kappa shape index (κ2) is 4.82. The minimum absolute atomic E-state index is 0.715. The van der Waals surface area contributed by atoms with Crippen LogP contribution in [0.4, 0.5) is 0 Å². The highest BCUT2D eigenvalue weighted by molar-refractivity contribution is 6.31. The topological polar surface area (TPSA) is 30.7 Å². The lowest BCUT2D eigenvalue weighted by atomic mass is 9.97. The third kappa shape index (κ3) is 1.90. The molecule has 2 aromatic heterocycles. The van der Waals surface area contributed by atoms with E-state index in [0.717, 1.165) is 38.8 Å². The SMILES string of the molecule is Cc1nn(C)c2nc3ccc(Cl)cc3c(-c3ccccc3)c12. The van der Waals surface area contributed by atoms with Crippen LogP contribution in [0.2, 0.25) is 5.02 Å². The van der Waals surface area contributed by atoms with Gasteiger partial charge < -0.3 is 0 Å². The molecule has 0 atom stereocenters. The summed E-state index contributed by atoms with van der Waals surface area (Å²) in [5.74, 6) is 0. The highest BCUT2D eigenvalue weighted by Gasteiger charge is 2.17. The van der Waals surface area contributed by atoms with Crippen LogP contribution in [0.5, 0.6) is 0 Å². The third-order valence-electron chi connectivity index (χ3n) is 3.96. The summed E-state index contributed by atoms with van der Waals surface area (Å²) < 4.78 is 1.84. The van der Waals surface area contributed by atoms with Gasteiger partial charge in [-0.05, 0) is 30.7 Å². The maximum atomic E-state index is 6.23. The zero-order valence-corrected chi connectivity index (χ0v) is 13.1. The molecule has 3 nitrogen and oxygen atoms in total. The van der Waals surface area contributed by atoms with Gasteiger partial charge in [-0.2, -0.15) is 5.10 Å². The first-order valence-electron chi connectivity index (χ1n) is 7.13. The van der Waals surface area contributed by atoms with Gasteiger partial charge in [0, 0.05) is 23.0 Å². The number of aromatic nitrogens is 3. The summed E-state index contributed by atoms with van der Waals surface area (Å²) in [5, 5.41) is 7.40. The second-order valence-corrected chi connectivity index (χ2v) is 5.86. The van der Waals surface area contributed by atoms with Gasteiger partial charge >= 0.3 is 0 Å². The zero-order valence-electron chi connectivity index (χ0n) is 12.3. The van der Waals surface area contributed by atoms with Crippen molar-refractivity contribution in [2.75, 3.05) is 0 Å². The number of hydrogen-bond donors (Lipinski definition) is 0. The summed E-state index contributed by atoms with van der Waals surface area (Å²) in [5.41, 5.74) is 5.10. The molecule has 2 heterocycles. The molecule has 22 heavy (non-hydrogen) atoms. The Morgan fingerprint density at radius 2 is 1.82 bits per heavy atom. The van der Waals surface area contributed by atoms with Crippen LogP contribution in [0.25, 0.3) is 33.1 Å². The van der Waals surface area contributed by atoms with E-state index in [0.29, 0.717) is 5.02 Å². The van der Waals surface area contributed by atoms with Crippen molar-refractivity contribution in [3.05, 3.63) is 59.2 Å². The number of pyridine rings is 1. The van der Waals surface area contributed by atoms with Gasteiger partial charge in [0.25, 0.3) is 0 Å². The molecule has 4 rings (SSSR count). The van der Waals surface area contributed by atoms with Crippen molar-refractivity contribution in [2.24, 2.45) is 7.05 Å². The molecule has 4 aromatic rings. The first kappa shape index (κ1) is 13.3. The van der Waals surface area contributed by atoms with Gasteiger partial charge in [0.2, 0.25) is 0 Å². The molecule has 0 radical (unpaired) electrons. The Morgan fingerprint density at radius 3 is 2.59 bits per heavy atom. The summed E-state index contributed by atoms with van der Waals surface area (Å²) in [6.07, 6.45) is 0. The van der Waals surface area contributed by atoms with Crippen LogP contribution in [-0.2, 0) is 7.05 Å². The van der Waals surface area contributed by atoms with Crippen LogP contribution in [0.15, 0.2) is 48.5 Å². The van der Waals surface area contributed by atoms with E-state index in [4.69, 9.17) is 16.6 Å². The van der Waals surface area contributed by atoms with Crippen molar-refractivity contribution in [3.8, 4) is 11.1 Å². The Morgan fingerprint density at radius 1 is 1.05 bits per heavy atom. The van der Waals surface area contributed by atoms with Crippen LogP contribution < -0.4 is 0 Å². The number of benzene rings is 2. The van der Waals surface area contributed by atoms with Gasteiger partial charge in [0.15, 0.2) is 5.65 Å². The molecule has 2 aromatic carbocycles. The fourth-order valence-corrected chi connectivity index (χ4v) is 3.20. The van der Waals surface area contributed by atoms with Crippen LogP contribution in [0.1, 0.15) is 5.69 Å². The van der Waals surface area contributed by atoms with Gasteiger partial charge in [-0.15, -0.1) is 0 Å². The van der Waals surface area contributed by atoms with Crippen molar-refractivity contribution in [2.45, 2.75) is 6.92 Å². The molecule has 0 spiro atoms. The predicted octanol–water partition coefficient (Wildman–Crippen LogP) is 4.75. The highest BCUT2D eigenvalue weighted by Crippen LogP contribution is 2.37. The molecule has 0 saturated heterocycles. The number of nitrogens with zero attached hydrogens (tertiary/aromatic N) is 3. The molecule has 108 valence electrons. The standard InChI is InChI=1S/C18H14ClN3/c1-11-16-17(12-6-4-3-5-7-12)14-10-13(19)8-9-15(14)20-18(16)22(2)21-11/h3-10H,1-2H3. The maximum Gasteiger partial charge on any atom is 0.159 e. The minimum atomic E-state index is 0.715. The second-order valence-electron chi connectivity index (χ2n) is 5.42. The Hall–Kier alpha value is -2.39. The average Bonchev–Trinajstić information content (AvgIpc) is 2.80. The van der Waals surface area contributed by atoms with E-state index in [-0.39, 0.29) is 0 Å². The quantitative estimate of drug-likeness (QED) is 0.508. The van der Waals surface area contributed by atoms with Crippen LogP contribution in [0, 0.1) is 6.92 Å². The first-order valence-corrected chi connectivity index (χ1v) is 7.51. The normalized spacial score (nSPS) is 11.4. The fourth-order valence-electron chi connectivity index (χ4n) is 3.03. The van der Waals surface area contributed by atoms with Gasteiger partial charge in [-0.3, -0.25) is 4.68 Å². The van der Waals surface area contributed by atoms with Gasteiger partial charge in [0.05, 0.1) is 16.6 Å². The summed E-state index contributed by atoms with van der Waals surface area (Å²) >= 11 is 6.23. The van der Waals surface area contributed by atoms with Crippen LogP contribution >= 0.6 is 11.6 Å². The van der Waals surface area contributed by atoms with E-state index in [1.165, 1.54) is 0 Å². The van der Waals surface area contributed by atoms with Gasteiger partial charge in [0.1, 0.15) is 0 Å². The van der Waals surface area contributed by atoms with E-state index < -0.39 is 0 Å². The molecule has 0 bridgehead atoms. The molecule has 0 N–H and O–H groups in total. The Balaban J connectivity index is 2.28. The van der Waals surface area contributed by atoms with Crippen molar-refractivity contribution in [1.29, 1.82) is 0 Å². The monoisotopic (exact) mass is 307 g/mol. The number of fused-ring (bicyclic) bond motifs is 2. The van der Waals surface area contributed by atoms with E-state index in [1.54, 1.807) is 0 Å². The molecular formula is C18H14ClN3. The van der Waals surface area contributed by atoms with Crippen LogP contribution in [0.3, 0.4) is 0 Å². The molecule has 0 saturated carbocycles. The largest absolute Gasteiger partial charge is 0.250 e. The average molecular weight is 308 g/mol. The molecule has 0 aliphatic heterocycles. The molecule has 0 fully saturated rings. The Bertz CT molecular complexity index is 1000. The highest BCUT2D eigenvalue weighted by atomic mass is 35.5. The van der Waals surface area contributed by atoms with Crippen molar-refractivity contribution < 1.29 is 0 Å². The number of aryl methyl sites for hydroxylation is 2. The minimum Gasteiger partial charge on any atom is -0.250 e. The summed E-state index contributed by atoms with van der Waals surface area (Å²) in [6, 6.07) is 16.2. The lowest BCUT2D eigenvalue weighted by molar-refractivity contribution is 0.775. The lowest BCUT2D eigenvalue weighted by Gasteiger charge is -2.10. The molecule has 0 unspecified atom stereocenters. The van der Waals surface area contributed by atoms with Crippen LogP contribution in [-0.4, -0.2) is 14.8 Å². The predicted molar refractivity (Wildman–Crippen MR) is 91.2 cm³/mol. The number of halogens is 1.